The number of carbonyl (C=O) groups is 1. The van der Waals surface area contributed by atoms with Crippen LogP contribution in [0.2, 0.25) is 0 Å². The molecule has 0 radical (unpaired) electrons. The second kappa shape index (κ2) is 5.59. The summed E-state index contributed by atoms with van der Waals surface area (Å²) in [6, 6.07) is 8.19. The van der Waals surface area contributed by atoms with Crippen LogP contribution in [0.15, 0.2) is 29.3 Å². The number of rotatable bonds is 2. The average Bonchev–Trinajstić information content (AvgIpc) is 3.06. The lowest BCUT2D eigenvalue weighted by Gasteiger charge is -2.21. The second-order valence-electron chi connectivity index (χ2n) is 4.62. The van der Waals surface area contributed by atoms with Crippen LogP contribution < -0.4 is 4.90 Å². The van der Waals surface area contributed by atoms with Crippen molar-refractivity contribution in [3.8, 4) is 0 Å². The number of amides is 1. The summed E-state index contributed by atoms with van der Waals surface area (Å²) in [6.07, 6.45) is 0.967. The number of anilines is 1. The third-order valence-electron chi connectivity index (χ3n) is 3.34. The van der Waals surface area contributed by atoms with Gasteiger partial charge in [0.25, 0.3) is 0 Å². The van der Waals surface area contributed by atoms with Crippen molar-refractivity contribution >= 4 is 39.5 Å². The lowest BCUT2D eigenvalue weighted by Crippen LogP contribution is -2.35. The van der Waals surface area contributed by atoms with Gasteiger partial charge < -0.3 is 4.90 Å². The van der Waals surface area contributed by atoms with Crippen LogP contribution >= 0.6 is 23.5 Å². The molecule has 2 aliphatic rings. The molecule has 0 aromatic heterocycles. The van der Waals surface area contributed by atoms with E-state index in [-0.39, 0.29) is 11.2 Å². The highest BCUT2D eigenvalue weighted by molar-refractivity contribution is 8.39. The predicted octanol–water partition coefficient (Wildman–Crippen LogP) is 2.80. The molecule has 0 saturated heterocycles. The molecule has 0 spiro atoms. The van der Waals surface area contributed by atoms with E-state index in [1.807, 2.05) is 30.0 Å². The minimum absolute atomic E-state index is 0.0597. The number of benzene rings is 1. The van der Waals surface area contributed by atoms with Crippen LogP contribution in [0.1, 0.15) is 12.5 Å². The molecule has 0 fully saturated rings. The molecular formula is C14H16N2OS2. The third kappa shape index (κ3) is 2.67. The largest absolute Gasteiger partial charge is 0.311 e. The van der Waals surface area contributed by atoms with Crippen LogP contribution in [0.25, 0.3) is 0 Å². The molecule has 0 saturated carbocycles. The summed E-state index contributed by atoms with van der Waals surface area (Å²) in [6.45, 7) is 3.68. The van der Waals surface area contributed by atoms with E-state index in [9.17, 15) is 4.79 Å². The fourth-order valence-electron chi connectivity index (χ4n) is 2.38. The summed E-state index contributed by atoms with van der Waals surface area (Å²) in [4.78, 5) is 18.9. The van der Waals surface area contributed by atoms with Crippen LogP contribution in [-0.4, -0.2) is 34.4 Å². The molecular weight excluding hydrogens is 276 g/mol. The van der Waals surface area contributed by atoms with E-state index in [0.717, 1.165) is 35.3 Å². The highest BCUT2D eigenvalue weighted by atomic mass is 32.2. The topological polar surface area (TPSA) is 32.7 Å². The van der Waals surface area contributed by atoms with Gasteiger partial charge in [0.05, 0.1) is 11.8 Å². The maximum absolute atomic E-state index is 12.5. The van der Waals surface area contributed by atoms with Crippen molar-refractivity contribution in [2.45, 2.75) is 18.6 Å². The molecule has 1 aromatic rings. The number of para-hydroxylation sites is 1. The zero-order chi connectivity index (χ0) is 13.2. The maximum Gasteiger partial charge on any atom is 0.240 e. The van der Waals surface area contributed by atoms with E-state index in [0.29, 0.717) is 0 Å². The van der Waals surface area contributed by atoms with Gasteiger partial charge >= 0.3 is 0 Å². The van der Waals surface area contributed by atoms with Gasteiger partial charge in [0.15, 0.2) is 0 Å². The van der Waals surface area contributed by atoms with Crippen molar-refractivity contribution in [3.05, 3.63) is 29.8 Å². The normalized spacial score (nSPS) is 19.2. The van der Waals surface area contributed by atoms with Gasteiger partial charge in [-0.2, -0.15) is 0 Å². The molecule has 2 aliphatic heterocycles. The molecule has 1 aromatic carbocycles. The fraction of sp³-hybridized carbons (Fsp3) is 0.429. The Kier molecular flexibility index (Phi) is 3.84. The van der Waals surface area contributed by atoms with Crippen molar-refractivity contribution in [3.63, 3.8) is 0 Å². The first-order valence-electron chi connectivity index (χ1n) is 6.49. The number of fused-ring (bicyclic) bond motifs is 1. The molecule has 0 aliphatic carbocycles. The lowest BCUT2D eigenvalue weighted by molar-refractivity contribution is -0.117. The number of carbonyl (C=O) groups excluding carboxylic acids is 1. The standard InChI is InChI=1S/C14H16N2OS2/c1-10(19-14-15-7-9-18-14)13(17)16-8-6-11-4-2-3-5-12(11)16/h2-5,10H,6-9H2,1H3. The van der Waals surface area contributed by atoms with Crippen molar-refractivity contribution in [2.75, 3.05) is 23.7 Å². The van der Waals surface area contributed by atoms with Crippen molar-refractivity contribution in [1.82, 2.24) is 0 Å². The summed E-state index contributed by atoms with van der Waals surface area (Å²) >= 11 is 3.36. The van der Waals surface area contributed by atoms with Crippen molar-refractivity contribution < 1.29 is 4.79 Å². The van der Waals surface area contributed by atoms with E-state index in [4.69, 9.17) is 0 Å². The smallest absolute Gasteiger partial charge is 0.240 e. The molecule has 100 valence electrons. The van der Waals surface area contributed by atoms with Gasteiger partial charge in [0.2, 0.25) is 5.91 Å². The SMILES string of the molecule is CC(SC1=NCCS1)C(=O)N1CCc2ccccc21. The lowest BCUT2D eigenvalue weighted by atomic mass is 10.2. The number of nitrogens with zero attached hydrogens (tertiary/aromatic N) is 2. The van der Waals surface area contributed by atoms with Gasteiger partial charge in [-0.3, -0.25) is 9.79 Å². The summed E-state index contributed by atoms with van der Waals surface area (Å²) in [5.41, 5.74) is 2.36. The Hall–Kier alpha value is -0.940. The molecule has 5 heteroatoms. The van der Waals surface area contributed by atoms with Gasteiger partial charge in [0, 0.05) is 18.0 Å². The van der Waals surface area contributed by atoms with Gasteiger partial charge in [-0.1, -0.05) is 41.7 Å². The van der Waals surface area contributed by atoms with Gasteiger partial charge in [0.1, 0.15) is 4.38 Å². The maximum atomic E-state index is 12.5. The molecule has 1 amide bonds. The van der Waals surface area contributed by atoms with E-state index < -0.39 is 0 Å². The van der Waals surface area contributed by atoms with E-state index in [2.05, 4.69) is 11.1 Å². The first-order chi connectivity index (χ1) is 9.25. The number of aliphatic imine (C=N–C) groups is 1. The van der Waals surface area contributed by atoms with Gasteiger partial charge in [-0.05, 0) is 25.0 Å². The van der Waals surface area contributed by atoms with E-state index in [1.54, 1.807) is 23.5 Å². The first kappa shape index (κ1) is 13.1. The number of hydrogen-bond donors (Lipinski definition) is 0. The van der Waals surface area contributed by atoms with Crippen LogP contribution in [0, 0.1) is 0 Å². The fourth-order valence-corrected chi connectivity index (χ4v) is 4.57. The Morgan fingerprint density at radius 1 is 1.47 bits per heavy atom. The van der Waals surface area contributed by atoms with Crippen molar-refractivity contribution in [1.29, 1.82) is 0 Å². The Labute approximate surface area is 121 Å². The Bertz CT molecular complexity index is 530. The molecule has 0 bridgehead atoms. The molecule has 1 atom stereocenters. The van der Waals surface area contributed by atoms with E-state index in [1.165, 1.54) is 5.56 Å². The minimum Gasteiger partial charge on any atom is -0.311 e. The first-order valence-corrected chi connectivity index (χ1v) is 8.35. The quantitative estimate of drug-likeness (QED) is 0.840. The Morgan fingerprint density at radius 2 is 2.32 bits per heavy atom. The highest BCUT2D eigenvalue weighted by Gasteiger charge is 2.29. The number of hydrogen-bond acceptors (Lipinski definition) is 4. The molecule has 3 nitrogen and oxygen atoms in total. The van der Waals surface area contributed by atoms with Crippen LogP contribution in [-0.2, 0) is 11.2 Å². The summed E-state index contributed by atoms with van der Waals surface area (Å²) in [5.74, 6) is 1.25. The predicted molar refractivity (Wildman–Crippen MR) is 84.3 cm³/mol. The minimum atomic E-state index is -0.0597. The molecule has 19 heavy (non-hydrogen) atoms. The zero-order valence-electron chi connectivity index (χ0n) is 10.8. The molecule has 2 heterocycles. The molecule has 1 unspecified atom stereocenters. The summed E-state index contributed by atoms with van der Waals surface area (Å²) < 4.78 is 1.06. The third-order valence-corrected chi connectivity index (χ3v) is 5.63. The second-order valence-corrected chi connectivity index (χ2v) is 7.30. The zero-order valence-corrected chi connectivity index (χ0v) is 12.5. The highest BCUT2D eigenvalue weighted by Crippen LogP contribution is 2.31. The van der Waals surface area contributed by atoms with Gasteiger partial charge in [-0.15, -0.1) is 0 Å². The molecule has 0 N–H and O–H groups in total. The molecule has 3 rings (SSSR count). The summed E-state index contributed by atoms with van der Waals surface area (Å²) in [7, 11) is 0. The van der Waals surface area contributed by atoms with E-state index >= 15 is 0 Å². The average molecular weight is 292 g/mol. The Balaban J connectivity index is 1.71. The van der Waals surface area contributed by atoms with Crippen LogP contribution in [0.4, 0.5) is 5.69 Å². The van der Waals surface area contributed by atoms with Gasteiger partial charge in [-0.25, -0.2) is 0 Å². The summed E-state index contributed by atoms with van der Waals surface area (Å²) in [5, 5.41) is -0.0597. The van der Waals surface area contributed by atoms with Crippen LogP contribution in [0.3, 0.4) is 0 Å². The Morgan fingerprint density at radius 3 is 3.11 bits per heavy atom. The van der Waals surface area contributed by atoms with Crippen molar-refractivity contribution in [2.24, 2.45) is 4.99 Å². The monoisotopic (exact) mass is 292 g/mol. The number of thioether (sulfide) groups is 2. The van der Waals surface area contributed by atoms with Crippen LogP contribution in [0.5, 0.6) is 0 Å².